The summed E-state index contributed by atoms with van der Waals surface area (Å²) >= 11 is 0. The van der Waals surface area contributed by atoms with Crippen LogP contribution in [0.1, 0.15) is 17.4 Å². The Morgan fingerprint density at radius 3 is 2.16 bits per heavy atom. The van der Waals surface area contributed by atoms with Crippen molar-refractivity contribution in [2.75, 3.05) is 32.7 Å². The lowest BCUT2D eigenvalue weighted by atomic mass is 10.1. The van der Waals surface area contributed by atoms with E-state index in [4.69, 9.17) is 4.42 Å². The number of furan rings is 1. The lowest BCUT2D eigenvalue weighted by molar-refractivity contribution is 0.0597. The van der Waals surface area contributed by atoms with Crippen molar-refractivity contribution >= 4 is 24.8 Å². The van der Waals surface area contributed by atoms with Crippen LogP contribution in [0.5, 0.6) is 0 Å². The molecule has 1 aliphatic rings. The van der Waals surface area contributed by atoms with Gasteiger partial charge in [0.15, 0.2) is 0 Å². The Bertz CT molecular complexity index is 615. The fraction of sp³-hybridized carbons (Fsp3) is 0.412. The van der Waals surface area contributed by atoms with E-state index in [0.717, 1.165) is 32.2 Å². The molecule has 4 nitrogen and oxygen atoms in total. The number of hydrogen-bond acceptors (Lipinski definition) is 4. The first-order valence-electron chi connectivity index (χ1n) is 7.71. The molecule has 1 aliphatic heterocycles. The molecule has 0 radical (unpaired) electrons. The van der Waals surface area contributed by atoms with E-state index in [0.29, 0.717) is 24.4 Å². The quantitative estimate of drug-likeness (QED) is 0.844. The molecule has 25 heavy (non-hydrogen) atoms. The van der Waals surface area contributed by atoms with Crippen molar-refractivity contribution in [2.45, 2.75) is 12.6 Å². The third-order valence-electron chi connectivity index (χ3n) is 4.10. The number of hydrogen-bond donors (Lipinski definition) is 1. The summed E-state index contributed by atoms with van der Waals surface area (Å²) in [6.45, 7) is 4.25. The van der Waals surface area contributed by atoms with Crippen LogP contribution in [0.25, 0.3) is 0 Å². The highest BCUT2D eigenvalue weighted by atomic mass is 35.5. The first-order valence-corrected chi connectivity index (χ1v) is 7.71. The van der Waals surface area contributed by atoms with Crippen molar-refractivity contribution in [3.63, 3.8) is 0 Å². The molecule has 0 bridgehead atoms. The minimum Gasteiger partial charge on any atom is -0.467 e. The average molecular weight is 395 g/mol. The molecule has 0 aliphatic carbocycles. The van der Waals surface area contributed by atoms with Crippen molar-refractivity contribution in [1.82, 2.24) is 9.80 Å². The Balaban J connectivity index is 0.00000156. The molecule has 1 aromatic carbocycles. The number of benzene rings is 1. The Morgan fingerprint density at radius 1 is 1.00 bits per heavy atom. The van der Waals surface area contributed by atoms with Gasteiger partial charge in [0.25, 0.3) is 0 Å². The van der Waals surface area contributed by atoms with Gasteiger partial charge in [-0.2, -0.15) is 0 Å². The minimum absolute atomic E-state index is 0. The van der Waals surface area contributed by atoms with E-state index in [9.17, 15) is 13.9 Å². The Labute approximate surface area is 158 Å². The summed E-state index contributed by atoms with van der Waals surface area (Å²) in [5.41, 5.74) is 0.645. The fourth-order valence-electron chi connectivity index (χ4n) is 2.91. The van der Waals surface area contributed by atoms with Crippen LogP contribution in [-0.4, -0.2) is 47.6 Å². The van der Waals surface area contributed by atoms with Gasteiger partial charge in [-0.1, -0.05) is 0 Å². The van der Waals surface area contributed by atoms with Gasteiger partial charge in [-0.15, -0.1) is 24.8 Å². The van der Waals surface area contributed by atoms with Crippen molar-refractivity contribution in [1.29, 1.82) is 0 Å². The SMILES string of the molecule is Cl.Cl.OC(CN1CCN(Cc2cc(F)cc(F)c2)CC1)c1ccco1. The van der Waals surface area contributed by atoms with E-state index in [2.05, 4.69) is 9.80 Å². The third-order valence-corrected chi connectivity index (χ3v) is 4.10. The standard InChI is InChI=1S/C17H20F2N2O2.2ClH/c18-14-8-13(9-15(19)10-14)11-20-3-5-21(6-4-20)12-16(22)17-2-1-7-23-17;;/h1-2,7-10,16,22H,3-6,11-12H2;2*1H. The Kier molecular flexibility index (Phi) is 8.82. The maximum atomic E-state index is 13.2. The number of nitrogens with zero attached hydrogens (tertiary/aromatic N) is 2. The predicted molar refractivity (Wildman–Crippen MR) is 96.2 cm³/mol. The topological polar surface area (TPSA) is 39.9 Å². The molecule has 1 fully saturated rings. The van der Waals surface area contributed by atoms with Crippen LogP contribution in [0.15, 0.2) is 41.0 Å². The van der Waals surface area contributed by atoms with Gasteiger partial charge in [0, 0.05) is 45.3 Å². The van der Waals surface area contributed by atoms with E-state index >= 15 is 0 Å². The normalized spacial score (nSPS) is 16.8. The molecule has 2 aromatic rings. The van der Waals surface area contributed by atoms with Crippen molar-refractivity contribution < 1.29 is 18.3 Å². The molecular weight excluding hydrogens is 373 g/mol. The number of aliphatic hydroxyl groups excluding tert-OH is 1. The van der Waals surface area contributed by atoms with E-state index < -0.39 is 17.7 Å². The number of piperazine rings is 1. The highest BCUT2D eigenvalue weighted by Gasteiger charge is 2.21. The van der Waals surface area contributed by atoms with Crippen LogP contribution in [0.2, 0.25) is 0 Å². The summed E-state index contributed by atoms with van der Waals surface area (Å²) in [6.07, 6.45) is 0.920. The molecule has 1 atom stereocenters. The molecule has 0 spiro atoms. The van der Waals surface area contributed by atoms with E-state index in [1.54, 1.807) is 18.4 Å². The summed E-state index contributed by atoms with van der Waals surface area (Å²) < 4.78 is 31.6. The first kappa shape index (κ1) is 21.9. The summed E-state index contributed by atoms with van der Waals surface area (Å²) in [7, 11) is 0. The lowest BCUT2D eigenvalue weighted by Gasteiger charge is -2.35. The summed E-state index contributed by atoms with van der Waals surface area (Å²) in [4.78, 5) is 4.32. The molecule has 140 valence electrons. The fourth-order valence-corrected chi connectivity index (χ4v) is 2.91. The lowest BCUT2D eigenvalue weighted by Crippen LogP contribution is -2.47. The Morgan fingerprint density at radius 2 is 1.60 bits per heavy atom. The van der Waals surface area contributed by atoms with E-state index in [-0.39, 0.29) is 24.8 Å². The highest BCUT2D eigenvalue weighted by Crippen LogP contribution is 2.17. The van der Waals surface area contributed by atoms with Crippen LogP contribution in [-0.2, 0) is 6.54 Å². The zero-order valence-electron chi connectivity index (χ0n) is 13.6. The maximum Gasteiger partial charge on any atom is 0.133 e. The highest BCUT2D eigenvalue weighted by molar-refractivity contribution is 5.85. The van der Waals surface area contributed by atoms with Gasteiger partial charge in [-0.25, -0.2) is 8.78 Å². The van der Waals surface area contributed by atoms with Crippen LogP contribution in [0, 0.1) is 11.6 Å². The molecule has 1 N–H and O–H groups in total. The van der Waals surface area contributed by atoms with Gasteiger partial charge in [0.05, 0.1) is 6.26 Å². The van der Waals surface area contributed by atoms with Crippen LogP contribution >= 0.6 is 24.8 Å². The number of β-amino-alcohol motifs (C(OH)–C–C–N with tert-alkyl or cyclic N) is 1. The van der Waals surface area contributed by atoms with Crippen LogP contribution in [0.3, 0.4) is 0 Å². The molecule has 1 aromatic heterocycles. The number of halogens is 4. The third kappa shape index (κ3) is 6.24. The van der Waals surface area contributed by atoms with Crippen molar-refractivity contribution in [3.05, 3.63) is 59.6 Å². The first-order chi connectivity index (χ1) is 11.1. The van der Waals surface area contributed by atoms with Gasteiger partial charge in [-0.05, 0) is 29.8 Å². The van der Waals surface area contributed by atoms with Gasteiger partial charge in [0.1, 0.15) is 23.5 Å². The molecule has 0 saturated carbocycles. The molecule has 0 amide bonds. The van der Waals surface area contributed by atoms with Gasteiger partial charge in [0.2, 0.25) is 0 Å². The van der Waals surface area contributed by atoms with Crippen LogP contribution in [0.4, 0.5) is 8.78 Å². The van der Waals surface area contributed by atoms with Gasteiger partial charge < -0.3 is 9.52 Å². The summed E-state index contributed by atoms with van der Waals surface area (Å²) in [5.74, 6) is -0.511. The van der Waals surface area contributed by atoms with Crippen molar-refractivity contribution in [2.24, 2.45) is 0 Å². The van der Waals surface area contributed by atoms with E-state index in [1.165, 1.54) is 12.1 Å². The average Bonchev–Trinajstić information content (AvgIpc) is 3.02. The zero-order valence-corrected chi connectivity index (χ0v) is 15.2. The van der Waals surface area contributed by atoms with Crippen molar-refractivity contribution in [3.8, 4) is 0 Å². The van der Waals surface area contributed by atoms with E-state index in [1.807, 2.05) is 0 Å². The molecular formula is C17H22Cl2F2N2O2. The molecule has 1 unspecified atom stereocenters. The summed E-state index contributed by atoms with van der Waals surface area (Å²) in [6, 6.07) is 7.15. The Hall–Kier alpha value is -1.18. The number of aliphatic hydroxyl groups is 1. The van der Waals surface area contributed by atoms with Crippen LogP contribution < -0.4 is 0 Å². The van der Waals surface area contributed by atoms with Gasteiger partial charge in [-0.3, -0.25) is 9.80 Å². The molecule has 2 heterocycles. The minimum atomic E-state index is -0.631. The second-order valence-electron chi connectivity index (χ2n) is 5.89. The smallest absolute Gasteiger partial charge is 0.133 e. The molecule has 3 rings (SSSR count). The largest absolute Gasteiger partial charge is 0.467 e. The molecule has 8 heteroatoms. The zero-order chi connectivity index (χ0) is 16.2. The second kappa shape index (κ2) is 10.1. The predicted octanol–water partition coefficient (Wildman–Crippen LogP) is 3.25. The molecule has 1 saturated heterocycles. The summed E-state index contributed by atoms with van der Waals surface area (Å²) in [5, 5.41) is 10.1. The monoisotopic (exact) mass is 394 g/mol. The number of rotatable bonds is 5. The maximum absolute atomic E-state index is 13.2. The second-order valence-corrected chi connectivity index (χ2v) is 5.89. The van der Waals surface area contributed by atoms with Gasteiger partial charge >= 0.3 is 0 Å².